The van der Waals surface area contributed by atoms with Crippen molar-refractivity contribution in [3.05, 3.63) is 53.5 Å². The molecule has 1 aliphatic heterocycles. The zero-order valence-corrected chi connectivity index (χ0v) is 16.2. The number of hydrogen-bond donors (Lipinski definition) is 1. The number of hydrogen-bond acceptors (Lipinski definition) is 5. The summed E-state index contributed by atoms with van der Waals surface area (Å²) in [6.07, 6.45) is 1.59. The zero-order chi connectivity index (χ0) is 18.9. The number of rotatable bonds is 5. The van der Waals surface area contributed by atoms with E-state index in [0.29, 0.717) is 37.2 Å². The summed E-state index contributed by atoms with van der Waals surface area (Å²) in [7, 11) is -3.19. The second-order valence-corrected chi connectivity index (χ2v) is 9.54. The molecule has 1 amide bonds. The predicted molar refractivity (Wildman–Crippen MR) is 109 cm³/mol. The summed E-state index contributed by atoms with van der Waals surface area (Å²) >= 11 is 1.61. The molecule has 27 heavy (non-hydrogen) atoms. The molecular formula is C19H19N3O3S2. The maximum atomic E-state index is 12.2. The number of para-hydroxylation sites is 1. The van der Waals surface area contributed by atoms with Gasteiger partial charge < -0.3 is 5.32 Å². The molecule has 1 aromatic heterocycles. The number of anilines is 2. The topological polar surface area (TPSA) is 79.4 Å². The fourth-order valence-corrected chi connectivity index (χ4v) is 5.64. The minimum absolute atomic E-state index is 0.0872. The van der Waals surface area contributed by atoms with Crippen LogP contribution in [0.4, 0.5) is 11.4 Å². The predicted octanol–water partition coefficient (Wildman–Crippen LogP) is 3.41. The first-order valence-electron chi connectivity index (χ1n) is 8.76. The van der Waals surface area contributed by atoms with Gasteiger partial charge in [0.25, 0.3) is 0 Å². The number of fused-ring (bicyclic) bond motifs is 1. The van der Waals surface area contributed by atoms with Crippen LogP contribution in [-0.2, 0) is 21.2 Å². The first-order valence-corrected chi connectivity index (χ1v) is 11.2. The number of sulfonamides is 1. The second kappa shape index (κ2) is 7.28. The van der Waals surface area contributed by atoms with Gasteiger partial charge in [0, 0.05) is 25.1 Å². The summed E-state index contributed by atoms with van der Waals surface area (Å²) in [6.45, 7) is 0.510. The SMILES string of the molecule is O=C(CCc1nc2ccccc2s1)Nc1ccc(N2CCCS2(=O)=O)cc1. The van der Waals surface area contributed by atoms with Gasteiger partial charge in [-0.1, -0.05) is 12.1 Å². The molecule has 0 saturated carbocycles. The molecule has 1 fully saturated rings. The smallest absolute Gasteiger partial charge is 0.235 e. The van der Waals surface area contributed by atoms with E-state index in [1.54, 1.807) is 35.6 Å². The first-order chi connectivity index (χ1) is 13.0. The number of thiazole rings is 1. The maximum absolute atomic E-state index is 12.2. The molecule has 4 rings (SSSR count). The lowest BCUT2D eigenvalue weighted by atomic mass is 10.2. The molecule has 0 spiro atoms. The van der Waals surface area contributed by atoms with Crippen LogP contribution in [-0.4, -0.2) is 31.6 Å². The summed E-state index contributed by atoms with van der Waals surface area (Å²) < 4.78 is 26.5. The standard InChI is InChI=1S/C19H19N3O3S2/c23-18(10-11-19-21-16-4-1-2-5-17(16)26-19)20-14-6-8-15(9-7-14)22-12-3-13-27(22,24)25/h1-2,4-9H,3,10-13H2,(H,20,23). The van der Waals surface area contributed by atoms with Crippen LogP contribution in [0.2, 0.25) is 0 Å². The van der Waals surface area contributed by atoms with Crippen molar-refractivity contribution in [3.63, 3.8) is 0 Å². The van der Waals surface area contributed by atoms with Crippen molar-refractivity contribution in [2.75, 3.05) is 21.9 Å². The minimum Gasteiger partial charge on any atom is -0.326 e. The van der Waals surface area contributed by atoms with Crippen LogP contribution in [0.15, 0.2) is 48.5 Å². The second-order valence-electron chi connectivity index (χ2n) is 6.41. The molecule has 0 unspecified atom stereocenters. The fraction of sp³-hybridized carbons (Fsp3) is 0.263. The average molecular weight is 402 g/mol. The monoisotopic (exact) mass is 401 g/mol. The summed E-state index contributed by atoms with van der Waals surface area (Å²) in [5, 5.41) is 3.80. The highest BCUT2D eigenvalue weighted by atomic mass is 32.2. The van der Waals surface area contributed by atoms with E-state index in [1.807, 2.05) is 24.3 Å². The van der Waals surface area contributed by atoms with E-state index in [-0.39, 0.29) is 11.7 Å². The van der Waals surface area contributed by atoms with Crippen LogP contribution in [0.3, 0.4) is 0 Å². The van der Waals surface area contributed by atoms with Crippen molar-refractivity contribution in [2.24, 2.45) is 0 Å². The van der Waals surface area contributed by atoms with Crippen molar-refractivity contribution in [2.45, 2.75) is 19.3 Å². The Labute approximate surface area is 161 Å². The van der Waals surface area contributed by atoms with Gasteiger partial charge in [-0.2, -0.15) is 0 Å². The molecule has 0 aliphatic carbocycles. The van der Waals surface area contributed by atoms with Crippen LogP contribution in [0.5, 0.6) is 0 Å². The van der Waals surface area contributed by atoms with E-state index in [0.717, 1.165) is 15.2 Å². The lowest BCUT2D eigenvalue weighted by molar-refractivity contribution is -0.116. The molecule has 2 heterocycles. The van der Waals surface area contributed by atoms with Gasteiger partial charge in [0.2, 0.25) is 15.9 Å². The fourth-order valence-electron chi connectivity index (χ4n) is 3.11. The van der Waals surface area contributed by atoms with Crippen LogP contribution >= 0.6 is 11.3 Å². The molecule has 3 aromatic rings. The molecule has 1 saturated heterocycles. The van der Waals surface area contributed by atoms with Crippen LogP contribution < -0.4 is 9.62 Å². The summed E-state index contributed by atoms with van der Waals surface area (Å²) in [6, 6.07) is 14.9. The summed E-state index contributed by atoms with van der Waals surface area (Å²) in [4.78, 5) is 16.7. The van der Waals surface area contributed by atoms with Gasteiger partial charge in [-0.05, 0) is 42.8 Å². The van der Waals surface area contributed by atoms with E-state index in [9.17, 15) is 13.2 Å². The molecule has 2 aromatic carbocycles. The van der Waals surface area contributed by atoms with Crippen molar-refractivity contribution in [1.82, 2.24) is 4.98 Å². The van der Waals surface area contributed by atoms with E-state index < -0.39 is 10.0 Å². The van der Waals surface area contributed by atoms with Gasteiger partial charge >= 0.3 is 0 Å². The van der Waals surface area contributed by atoms with Gasteiger partial charge in [-0.15, -0.1) is 11.3 Å². The zero-order valence-electron chi connectivity index (χ0n) is 14.6. The van der Waals surface area contributed by atoms with Gasteiger partial charge in [0.1, 0.15) is 0 Å². The van der Waals surface area contributed by atoms with Crippen molar-refractivity contribution in [1.29, 1.82) is 0 Å². The minimum atomic E-state index is -3.19. The van der Waals surface area contributed by atoms with E-state index in [4.69, 9.17) is 0 Å². The van der Waals surface area contributed by atoms with Crippen molar-refractivity contribution >= 4 is 48.9 Å². The third-order valence-electron chi connectivity index (χ3n) is 4.44. The van der Waals surface area contributed by atoms with E-state index in [1.165, 1.54) is 4.31 Å². The normalized spacial score (nSPS) is 15.9. The number of carbonyl (C=O) groups is 1. The van der Waals surface area contributed by atoms with Gasteiger partial charge in [-0.25, -0.2) is 13.4 Å². The quantitative estimate of drug-likeness (QED) is 0.711. The van der Waals surface area contributed by atoms with E-state index >= 15 is 0 Å². The number of aryl methyl sites for hydroxylation is 1. The van der Waals surface area contributed by atoms with Crippen LogP contribution in [0.25, 0.3) is 10.2 Å². The Morgan fingerprint density at radius 1 is 1.15 bits per heavy atom. The lowest BCUT2D eigenvalue weighted by Crippen LogP contribution is -2.25. The van der Waals surface area contributed by atoms with Gasteiger partial charge in [-0.3, -0.25) is 9.10 Å². The highest BCUT2D eigenvalue weighted by Gasteiger charge is 2.28. The summed E-state index contributed by atoms with van der Waals surface area (Å²) in [5.41, 5.74) is 2.26. The Kier molecular flexibility index (Phi) is 4.84. The molecule has 8 heteroatoms. The Morgan fingerprint density at radius 3 is 2.63 bits per heavy atom. The number of amides is 1. The molecule has 1 aliphatic rings. The highest BCUT2D eigenvalue weighted by Crippen LogP contribution is 2.26. The van der Waals surface area contributed by atoms with Gasteiger partial charge in [0.05, 0.1) is 26.7 Å². The molecule has 140 valence electrons. The average Bonchev–Trinajstić information content (AvgIpc) is 3.23. The first kappa shape index (κ1) is 17.9. The van der Waals surface area contributed by atoms with Crippen molar-refractivity contribution in [3.8, 4) is 0 Å². The maximum Gasteiger partial charge on any atom is 0.235 e. The molecule has 0 atom stereocenters. The van der Waals surface area contributed by atoms with Gasteiger partial charge in [0.15, 0.2) is 0 Å². The number of nitrogens with one attached hydrogen (secondary N) is 1. The van der Waals surface area contributed by atoms with E-state index in [2.05, 4.69) is 10.3 Å². The number of nitrogens with zero attached hydrogens (tertiary/aromatic N) is 2. The highest BCUT2D eigenvalue weighted by molar-refractivity contribution is 7.93. The van der Waals surface area contributed by atoms with Crippen molar-refractivity contribution < 1.29 is 13.2 Å². The summed E-state index contributed by atoms with van der Waals surface area (Å²) in [5.74, 6) is 0.104. The Morgan fingerprint density at radius 2 is 1.93 bits per heavy atom. The molecular weight excluding hydrogens is 382 g/mol. The number of aromatic nitrogens is 1. The Hall–Kier alpha value is -2.45. The largest absolute Gasteiger partial charge is 0.326 e. The molecule has 6 nitrogen and oxygen atoms in total. The lowest BCUT2D eigenvalue weighted by Gasteiger charge is -2.17. The number of benzene rings is 2. The Balaban J connectivity index is 1.35. The molecule has 0 radical (unpaired) electrons. The van der Waals surface area contributed by atoms with Crippen LogP contribution in [0, 0.1) is 0 Å². The number of carbonyl (C=O) groups excluding carboxylic acids is 1. The molecule has 0 bridgehead atoms. The van der Waals surface area contributed by atoms with Crippen LogP contribution in [0.1, 0.15) is 17.8 Å². The third-order valence-corrected chi connectivity index (χ3v) is 7.41. The Bertz CT molecular complexity index is 1040. The third kappa shape index (κ3) is 3.96. The molecule has 1 N–H and O–H groups in total.